The van der Waals surface area contributed by atoms with Crippen LogP contribution >= 0.6 is 11.6 Å². The molecule has 1 aliphatic rings. The fraction of sp³-hybridized carbons (Fsp3) is 0.400. The maximum Gasteiger partial charge on any atom is 0.129 e. The molecule has 1 atom stereocenters. The first-order chi connectivity index (χ1) is 12.8. The number of piperidine rings is 1. The summed E-state index contributed by atoms with van der Waals surface area (Å²) in [5.74, 6) is 2.54. The first-order valence-electron chi connectivity index (χ1n) is 9.06. The molecule has 0 amide bonds. The van der Waals surface area contributed by atoms with Gasteiger partial charge in [-0.3, -0.25) is 0 Å². The van der Waals surface area contributed by atoms with E-state index in [-0.39, 0.29) is 0 Å². The van der Waals surface area contributed by atoms with Gasteiger partial charge in [-0.05, 0) is 31.0 Å². The number of aromatic nitrogens is 3. The van der Waals surface area contributed by atoms with Crippen LogP contribution in [-0.2, 0) is 11.3 Å². The maximum atomic E-state index is 6.34. The fourth-order valence-corrected chi connectivity index (χ4v) is 3.96. The average molecular weight is 371 g/mol. The van der Waals surface area contributed by atoms with Crippen LogP contribution in [0.1, 0.15) is 24.6 Å². The Morgan fingerprint density at radius 1 is 1.27 bits per heavy atom. The fourth-order valence-electron chi connectivity index (χ4n) is 3.73. The maximum absolute atomic E-state index is 6.34. The molecule has 0 radical (unpaired) electrons. The molecular weight excluding hydrogens is 348 g/mol. The molecule has 3 aromatic rings. The van der Waals surface area contributed by atoms with E-state index in [9.17, 15) is 0 Å². The zero-order chi connectivity index (χ0) is 17.9. The van der Waals surface area contributed by atoms with E-state index in [0.29, 0.717) is 17.5 Å². The number of ether oxygens (including phenoxy) is 1. The minimum absolute atomic E-state index is 0.402. The van der Waals surface area contributed by atoms with E-state index in [1.54, 1.807) is 7.11 Å². The number of rotatable bonds is 5. The summed E-state index contributed by atoms with van der Waals surface area (Å²) in [6.45, 7) is 3.47. The number of imidazole rings is 1. The summed E-state index contributed by atoms with van der Waals surface area (Å²) >= 11 is 6.34. The topological polar surface area (TPSA) is 43.2 Å². The van der Waals surface area contributed by atoms with Crippen LogP contribution in [0.4, 0.5) is 5.82 Å². The van der Waals surface area contributed by atoms with Crippen molar-refractivity contribution in [2.45, 2.75) is 25.3 Å². The Balaban J connectivity index is 1.57. The van der Waals surface area contributed by atoms with Crippen molar-refractivity contribution in [2.24, 2.45) is 0 Å². The third kappa shape index (κ3) is 3.41. The summed E-state index contributed by atoms with van der Waals surface area (Å²) in [5, 5.41) is 1.78. The van der Waals surface area contributed by atoms with Gasteiger partial charge in [0.25, 0.3) is 0 Å². The number of para-hydroxylation sites is 1. The quantitative estimate of drug-likeness (QED) is 0.677. The number of fused-ring (bicyclic) bond motifs is 1. The largest absolute Gasteiger partial charge is 0.383 e. The van der Waals surface area contributed by atoms with Crippen LogP contribution in [0, 0.1) is 0 Å². The summed E-state index contributed by atoms with van der Waals surface area (Å²) in [6.07, 6.45) is 6.21. The van der Waals surface area contributed by atoms with Gasteiger partial charge in [0.05, 0.1) is 17.1 Å². The second kappa shape index (κ2) is 7.64. The lowest BCUT2D eigenvalue weighted by atomic mass is 9.97. The molecule has 1 aromatic carbocycles. The smallest absolute Gasteiger partial charge is 0.129 e. The Morgan fingerprint density at radius 3 is 3.08 bits per heavy atom. The lowest BCUT2D eigenvalue weighted by molar-refractivity contribution is 0.185. The molecule has 3 heterocycles. The molecule has 26 heavy (non-hydrogen) atoms. The Bertz CT molecular complexity index is 894. The van der Waals surface area contributed by atoms with E-state index in [4.69, 9.17) is 21.3 Å². The number of pyridine rings is 1. The average Bonchev–Trinajstić information content (AvgIpc) is 3.15. The van der Waals surface area contributed by atoms with Crippen molar-refractivity contribution in [2.75, 3.05) is 31.7 Å². The van der Waals surface area contributed by atoms with Gasteiger partial charge in [0.2, 0.25) is 0 Å². The predicted octanol–water partition coefficient (Wildman–Crippen LogP) is 4.12. The molecule has 0 unspecified atom stereocenters. The van der Waals surface area contributed by atoms with Gasteiger partial charge in [0, 0.05) is 50.4 Å². The standard InChI is InChI=1S/C20H23ClN4O/c1-26-13-12-24-11-9-22-20(24)16-5-3-10-25(14-16)18-8-7-15-4-2-6-17(21)19(15)23-18/h2,4,6-9,11,16H,3,5,10,12-14H2,1H3/t16-/m0/s1. The van der Waals surface area contributed by atoms with E-state index in [2.05, 4.69) is 26.6 Å². The van der Waals surface area contributed by atoms with Gasteiger partial charge in [0.1, 0.15) is 11.6 Å². The zero-order valence-electron chi connectivity index (χ0n) is 14.9. The number of benzene rings is 1. The molecule has 5 nitrogen and oxygen atoms in total. The summed E-state index contributed by atoms with van der Waals surface area (Å²) < 4.78 is 7.43. The number of nitrogens with zero attached hydrogens (tertiary/aromatic N) is 4. The predicted molar refractivity (Wildman–Crippen MR) is 105 cm³/mol. The molecule has 136 valence electrons. The van der Waals surface area contributed by atoms with Gasteiger partial charge in [-0.25, -0.2) is 9.97 Å². The third-order valence-corrected chi connectivity index (χ3v) is 5.36. The molecule has 1 aliphatic heterocycles. The van der Waals surface area contributed by atoms with E-state index in [1.807, 2.05) is 30.6 Å². The molecule has 2 aromatic heterocycles. The first kappa shape index (κ1) is 17.3. The van der Waals surface area contributed by atoms with Crippen molar-refractivity contribution >= 4 is 28.3 Å². The van der Waals surface area contributed by atoms with Crippen molar-refractivity contribution in [3.63, 3.8) is 0 Å². The van der Waals surface area contributed by atoms with Crippen LogP contribution < -0.4 is 4.90 Å². The Kier molecular flexibility index (Phi) is 5.09. The van der Waals surface area contributed by atoms with Crippen LogP contribution in [0.3, 0.4) is 0 Å². The third-order valence-electron chi connectivity index (χ3n) is 5.05. The first-order valence-corrected chi connectivity index (χ1v) is 9.44. The Hall–Kier alpha value is -2.11. The van der Waals surface area contributed by atoms with Crippen molar-refractivity contribution in [3.05, 3.63) is 53.6 Å². The normalized spacial score (nSPS) is 17.8. The highest BCUT2D eigenvalue weighted by Gasteiger charge is 2.25. The van der Waals surface area contributed by atoms with Crippen molar-refractivity contribution < 1.29 is 4.74 Å². The molecule has 4 rings (SSSR count). The number of anilines is 1. The second-order valence-corrected chi connectivity index (χ2v) is 7.15. The van der Waals surface area contributed by atoms with Gasteiger partial charge >= 0.3 is 0 Å². The van der Waals surface area contributed by atoms with E-state index in [1.165, 1.54) is 0 Å². The van der Waals surface area contributed by atoms with Crippen LogP contribution in [-0.4, -0.2) is 41.3 Å². The summed E-state index contributed by atoms with van der Waals surface area (Å²) in [6, 6.07) is 10.1. The van der Waals surface area contributed by atoms with Gasteiger partial charge < -0.3 is 14.2 Å². The van der Waals surface area contributed by atoms with Gasteiger partial charge in [0.15, 0.2) is 0 Å². The summed E-state index contributed by atoms with van der Waals surface area (Å²) in [7, 11) is 1.73. The number of methoxy groups -OCH3 is 1. The van der Waals surface area contributed by atoms with Crippen LogP contribution in [0.15, 0.2) is 42.7 Å². The van der Waals surface area contributed by atoms with E-state index < -0.39 is 0 Å². The molecular formula is C20H23ClN4O. The highest BCUT2D eigenvalue weighted by Crippen LogP contribution is 2.30. The number of hydrogen-bond donors (Lipinski definition) is 0. The van der Waals surface area contributed by atoms with Crippen molar-refractivity contribution in [1.29, 1.82) is 0 Å². The minimum Gasteiger partial charge on any atom is -0.383 e. The lowest BCUT2D eigenvalue weighted by Gasteiger charge is -2.33. The highest BCUT2D eigenvalue weighted by molar-refractivity contribution is 6.35. The zero-order valence-corrected chi connectivity index (χ0v) is 15.7. The van der Waals surface area contributed by atoms with Crippen molar-refractivity contribution in [1.82, 2.24) is 14.5 Å². The molecule has 1 saturated heterocycles. The van der Waals surface area contributed by atoms with Crippen LogP contribution in [0.5, 0.6) is 0 Å². The Morgan fingerprint density at radius 2 is 2.19 bits per heavy atom. The number of halogens is 1. The van der Waals surface area contributed by atoms with E-state index in [0.717, 1.165) is 55.0 Å². The molecule has 0 bridgehead atoms. The summed E-state index contributed by atoms with van der Waals surface area (Å²) in [4.78, 5) is 11.8. The minimum atomic E-state index is 0.402. The van der Waals surface area contributed by atoms with Gasteiger partial charge in [-0.15, -0.1) is 0 Å². The molecule has 0 aliphatic carbocycles. The van der Waals surface area contributed by atoms with Crippen molar-refractivity contribution in [3.8, 4) is 0 Å². The SMILES string of the molecule is COCCn1ccnc1[C@H]1CCCN(c2ccc3cccc(Cl)c3n2)C1. The molecule has 0 N–H and O–H groups in total. The lowest BCUT2D eigenvalue weighted by Crippen LogP contribution is -2.36. The number of hydrogen-bond acceptors (Lipinski definition) is 4. The summed E-state index contributed by atoms with van der Waals surface area (Å²) in [5.41, 5.74) is 0.871. The van der Waals surface area contributed by atoms with Gasteiger partial charge in [-0.2, -0.15) is 0 Å². The van der Waals surface area contributed by atoms with Crippen LogP contribution in [0.25, 0.3) is 10.9 Å². The van der Waals surface area contributed by atoms with E-state index >= 15 is 0 Å². The monoisotopic (exact) mass is 370 g/mol. The Labute approximate surface area is 158 Å². The molecule has 1 fully saturated rings. The van der Waals surface area contributed by atoms with Gasteiger partial charge in [-0.1, -0.05) is 23.7 Å². The molecule has 6 heteroatoms. The highest BCUT2D eigenvalue weighted by atomic mass is 35.5. The van der Waals surface area contributed by atoms with Crippen LogP contribution in [0.2, 0.25) is 5.02 Å². The molecule has 0 saturated carbocycles. The molecule has 0 spiro atoms. The second-order valence-electron chi connectivity index (χ2n) is 6.74.